The maximum atomic E-state index is 11.7. The van der Waals surface area contributed by atoms with Gasteiger partial charge in [-0.15, -0.1) is 13.2 Å². The van der Waals surface area contributed by atoms with Crippen LogP contribution >= 0.6 is 21.4 Å². The molecule has 1 rings (SSSR count). The molecule has 0 bridgehead atoms. The Morgan fingerprint density at radius 2 is 1.37 bits per heavy atom. The molecule has 0 aromatic heterocycles. The van der Waals surface area contributed by atoms with E-state index in [2.05, 4.69) is 11.7 Å². The lowest BCUT2D eigenvalue weighted by Crippen LogP contribution is -2.17. The number of ether oxygens (including phenoxy) is 1. The Balaban J connectivity index is 0.000000516. The average molecular weight is 473 g/mol. The number of hydrogen-bond donors (Lipinski definition) is 0. The van der Waals surface area contributed by atoms with E-state index in [0.717, 1.165) is 37.1 Å². The molecule has 1 aromatic carbocycles. The van der Waals surface area contributed by atoms with Crippen molar-refractivity contribution in [2.45, 2.75) is 56.7 Å². The topological polar surface area (TPSA) is 77.5 Å². The molecule has 0 atom stereocenters. The number of rotatable bonds is 9. The summed E-state index contributed by atoms with van der Waals surface area (Å²) in [5.41, 5.74) is 0. The summed E-state index contributed by atoms with van der Waals surface area (Å²) < 4.78 is 81.1. The minimum absolute atomic E-state index is 0.126. The maximum absolute atomic E-state index is 11.7. The van der Waals surface area contributed by atoms with Crippen LogP contribution < -0.4 is 4.74 Å². The highest BCUT2D eigenvalue weighted by atomic mass is 35.7. The van der Waals surface area contributed by atoms with Crippen LogP contribution in [0.1, 0.15) is 45.4 Å². The van der Waals surface area contributed by atoms with E-state index in [0.29, 0.717) is 6.42 Å². The predicted octanol–water partition coefficient (Wildman–Crippen LogP) is 5.43. The maximum Gasteiger partial charge on any atom is 0.573 e. The highest BCUT2D eigenvalue weighted by Crippen LogP contribution is 2.24. The summed E-state index contributed by atoms with van der Waals surface area (Å²) in [4.78, 5) is -0.293. The Bertz CT molecular complexity index is 749. The summed E-state index contributed by atoms with van der Waals surface area (Å²) in [6.07, 6.45) is 1.67. The zero-order chi connectivity index (χ0) is 21.1. The Kier molecular flexibility index (Phi) is 11.7. The van der Waals surface area contributed by atoms with Crippen molar-refractivity contribution in [3.05, 3.63) is 24.3 Å². The zero-order valence-electron chi connectivity index (χ0n) is 14.5. The smallest absolute Gasteiger partial charge is 0.406 e. The van der Waals surface area contributed by atoms with Crippen molar-refractivity contribution >= 4 is 39.5 Å². The third-order valence-corrected chi connectivity index (χ3v) is 5.69. The molecule has 0 aliphatic heterocycles. The Morgan fingerprint density at radius 3 is 1.78 bits per heavy atom. The minimum Gasteiger partial charge on any atom is -0.406 e. The monoisotopic (exact) mass is 472 g/mol. The Labute approximate surface area is 166 Å². The van der Waals surface area contributed by atoms with E-state index in [9.17, 15) is 30.0 Å². The third-order valence-electron chi connectivity index (χ3n) is 3.08. The van der Waals surface area contributed by atoms with Crippen molar-refractivity contribution in [1.82, 2.24) is 0 Å². The van der Waals surface area contributed by atoms with Crippen LogP contribution in [-0.2, 0) is 18.1 Å². The molecule has 0 unspecified atom stereocenters. The molecule has 0 saturated carbocycles. The molecule has 0 N–H and O–H groups in total. The summed E-state index contributed by atoms with van der Waals surface area (Å²) in [6.45, 7) is 2.16. The van der Waals surface area contributed by atoms with Gasteiger partial charge in [0.05, 0.1) is 10.6 Å². The molecule has 0 saturated heterocycles. The van der Waals surface area contributed by atoms with E-state index in [4.69, 9.17) is 21.4 Å². The van der Waals surface area contributed by atoms with Crippen LogP contribution in [-0.4, -0.2) is 29.0 Å². The molecule has 0 aliphatic carbocycles. The Hall–Kier alpha value is -0.710. The number of halogens is 5. The normalized spacial score (nSPS) is 12.2. The summed E-state index contributed by atoms with van der Waals surface area (Å²) in [5.74, 6) is -0.382. The number of benzene rings is 1. The van der Waals surface area contributed by atoms with E-state index >= 15 is 0 Å². The van der Waals surface area contributed by atoms with Gasteiger partial charge in [0.25, 0.3) is 9.05 Å². The van der Waals surface area contributed by atoms with E-state index in [-0.39, 0.29) is 10.6 Å². The van der Waals surface area contributed by atoms with Gasteiger partial charge in [0.15, 0.2) is 0 Å². The third kappa shape index (κ3) is 16.0. The van der Waals surface area contributed by atoms with Crippen molar-refractivity contribution in [2.24, 2.45) is 0 Å². The van der Waals surface area contributed by atoms with Crippen LogP contribution in [0.3, 0.4) is 0 Å². The van der Waals surface area contributed by atoms with Crippen molar-refractivity contribution in [3.8, 4) is 5.75 Å². The quantitative estimate of drug-likeness (QED) is 0.353. The van der Waals surface area contributed by atoms with Crippen molar-refractivity contribution in [3.63, 3.8) is 0 Å². The highest BCUT2D eigenvalue weighted by molar-refractivity contribution is 8.14. The van der Waals surface area contributed by atoms with Crippen LogP contribution in [0, 0.1) is 0 Å². The van der Waals surface area contributed by atoms with E-state index < -0.39 is 30.2 Å². The van der Waals surface area contributed by atoms with Crippen LogP contribution in [0.4, 0.5) is 13.2 Å². The molecule has 0 amide bonds. The first-order valence-corrected chi connectivity index (χ1v) is 12.8. The molecule has 158 valence electrons. The number of alkyl halides is 3. The molecule has 0 heterocycles. The van der Waals surface area contributed by atoms with Crippen molar-refractivity contribution < 1.29 is 34.7 Å². The fourth-order valence-electron chi connectivity index (χ4n) is 1.86. The van der Waals surface area contributed by atoms with E-state index in [1.807, 2.05) is 0 Å². The minimum atomic E-state index is -4.80. The van der Waals surface area contributed by atoms with Crippen molar-refractivity contribution in [2.75, 3.05) is 5.75 Å². The van der Waals surface area contributed by atoms with Gasteiger partial charge in [0.1, 0.15) is 5.75 Å². The van der Waals surface area contributed by atoms with Gasteiger partial charge < -0.3 is 4.74 Å². The van der Waals surface area contributed by atoms with Crippen LogP contribution in [0.25, 0.3) is 0 Å². The van der Waals surface area contributed by atoms with Gasteiger partial charge in [0, 0.05) is 21.4 Å². The van der Waals surface area contributed by atoms with Crippen LogP contribution in [0.2, 0.25) is 0 Å². The molecule has 0 fully saturated rings. The summed E-state index contributed by atoms with van der Waals surface area (Å²) in [5, 5.41) is 0. The van der Waals surface area contributed by atoms with Gasteiger partial charge in [-0.3, -0.25) is 0 Å². The first-order valence-electron chi connectivity index (χ1n) is 7.97. The second-order valence-electron chi connectivity index (χ2n) is 5.47. The summed E-state index contributed by atoms with van der Waals surface area (Å²) >= 11 is 0. The lowest BCUT2D eigenvalue weighted by molar-refractivity contribution is -0.274. The standard InChI is InChI=1S/C8H17ClO2S.C7H4ClF3O3S/c1-2-3-4-5-6-7-8-12(9,10)11;8-15(12,13)6-3-1-5(2-4-6)14-7(9,10)11/h2-8H2,1H3;1-4H. The van der Waals surface area contributed by atoms with E-state index in [1.54, 1.807) is 0 Å². The fourth-order valence-corrected chi connectivity index (χ4v) is 3.50. The number of unbranched alkanes of at least 4 members (excludes halogenated alkanes) is 5. The SMILES string of the molecule is CCCCCCCCS(=O)(=O)Cl.O=S(=O)(Cl)c1ccc(OC(F)(F)F)cc1. The summed E-state index contributed by atoms with van der Waals surface area (Å²) in [7, 11) is 2.83. The second-order valence-corrected chi connectivity index (χ2v) is 10.9. The fraction of sp³-hybridized carbons (Fsp3) is 0.600. The molecule has 5 nitrogen and oxygen atoms in total. The molecule has 0 radical (unpaired) electrons. The molecule has 27 heavy (non-hydrogen) atoms. The van der Waals surface area contributed by atoms with Crippen LogP contribution in [0.5, 0.6) is 5.75 Å². The van der Waals surface area contributed by atoms with Gasteiger partial charge in [-0.1, -0.05) is 39.0 Å². The zero-order valence-corrected chi connectivity index (χ0v) is 17.7. The molecular formula is C15H21Cl2F3O5S2. The molecular weight excluding hydrogens is 452 g/mol. The predicted molar refractivity (Wildman–Crippen MR) is 99.2 cm³/mol. The Morgan fingerprint density at radius 1 is 0.889 bits per heavy atom. The average Bonchev–Trinajstić information content (AvgIpc) is 2.48. The summed E-state index contributed by atoms with van der Waals surface area (Å²) in [6, 6.07) is 3.57. The lowest BCUT2D eigenvalue weighted by atomic mass is 10.1. The highest BCUT2D eigenvalue weighted by Gasteiger charge is 2.31. The largest absolute Gasteiger partial charge is 0.573 e. The van der Waals surface area contributed by atoms with E-state index in [1.165, 1.54) is 19.3 Å². The molecule has 12 heteroatoms. The van der Waals surface area contributed by atoms with Gasteiger partial charge in [-0.25, -0.2) is 16.8 Å². The molecule has 0 spiro atoms. The lowest BCUT2D eigenvalue weighted by Gasteiger charge is -2.08. The van der Waals surface area contributed by atoms with Gasteiger partial charge in [0.2, 0.25) is 9.05 Å². The van der Waals surface area contributed by atoms with Gasteiger partial charge >= 0.3 is 6.36 Å². The first kappa shape index (κ1) is 26.3. The van der Waals surface area contributed by atoms with Gasteiger partial charge in [-0.05, 0) is 30.7 Å². The first-order chi connectivity index (χ1) is 12.2. The molecule has 1 aromatic rings. The van der Waals surface area contributed by atoms with Gasteiger partial charge in [-0.2, -0.15) is 0 Å². The van der Waals surface area contributed by atoms with Crippen molar-refractivity contribution in [1.29, 1.82) is 0 Å². The molecule has 0 aliphatic rings. The second kappa shape index (κ2) is 12.0. The van der Waals surface area contributed by atoms with Crippen LogP contribution in [0.15, 0.2) is 29.2 Å². The number of hydrogen-bond acceptors (Lipinski definition) is 5.